The van der Waals surface area contributed by atoms with E-state index in [4.69, 9.17) is 0 Å². The number of nitrogens with one attached hydrogen (secondary N) is 1. The van der Waals surface area contributed by atoms with E-state index in [0.29, 0.717) is 6.04 Å². The van der Waals surface area contributed by atoms with Crippen LogP contribution in [0.25, 0.3) is 0 Å². The molecule has 1 aromatic rings. The number of rotatable bonds is 4. The van der Waals surface area contributed by atoms with Gasteiger partial charge in [0.2, 0.25) is 0 Å². The monoisotopic (exact) mass is 259 g/mol. The third kappa shape index (κ3) is 3.35. The predicted octanol–water partition coefficient (Wildman–Crippen LogP) is 2.20. The van der Waals surface area contributed by atoms with Crippen LogP contribution in [0.2, 0.25) is 0 Å². The third-order valence-corrected chi connectivity index (χ3v) is 4.35. The van der Waals surface area contributed by atoms with Gasteiger partial charge in [0.25, 0.3) is 0 Å². The van der Waals surface area contributed by atoms with Crippen molar-refractivity contribution in [3.63, 3.8) is 0 Å². The van der Waals surface area contributed by atoms with Gasteiger partial charge in [-0.25, -0.2) is 10.4 Å². The second-order valence-electron chi connectivity index (χ2n) is 6.15. The number of aryl methyl sites for hydroxylation is 1. The van der Waals surface area contributed by atoms with Gasteiger partial charge in [0.1, 0.15) is 0 Å². The second kappa shape index (κ2) is 5.61. The first kappa shape index (κ1) is 13.1. The molecule has 19 heavy (non-hydrogen) atoms. The summed E-state index contributed by atoms with van der Waals surface area (Å²) >= 11 is 0. The summed E-state index contributed by atoms with van der Waals surface area (Å²) in [5.41, 5.74) is 6.58. The Bertz CT molecular complexity index is 403. The molecule has 1 N–H and O–H groups in total. The lowest BCUT2D eigenvalue weighted by atomic mass is 10.0. The Morgan fingerprint density at radius 3 is 2.26 bits per heavy atom. The van der Waals surface area contributed by atoms with Crippen molar-refractivity contribution >= 4 is 0 Å². The molecule has 2 fully saturated rings. The Labute approximate surface area is 116 Å². The van der Waals surface area contributed by atoms with Crippen molar-refractivity contribution in [3.05, 3.63) is 35.4 Å². The largest absolute Gasteiger partial charge is 0.304 e. The molecule has 2 aliphatic rings. The van der Waals surface area contributed by atoms with Crippen molar-refractivity contribution in [2.45, 2.75) is 25.8 Å². The summed E-state index contributed by atoms with van der Waals surface area (Å²) in [5, 5.41) is 2.42. The van der Waals surface area contributed by atoms with Crippen LogP contribution < -0.4 is 5.43 Å². The quantitative estimate of drug-likeness (QED) is 0.894. The van der Waals surface area contributed by atoms with Gasteiger partial charge < -0.3 is 4.90 Å². The van der Waals surface area contributed by atoms with Gasteiger partial charge in [-0.2, -0.15) is 0 Å². The van der Waals surface area contributed by atoms with Crippen molar-refractivity contribution in [2.75, 3.05) is 33.2 Å². The van der Waals surface area contributed by atoms with E-state index in [1.807, 2.05) is 0 Å². The van der Waals surface area contributed by atoms with Crippen LogP contribution in [0, 0.1) is 12.8 Å². The third-order valence-electron chi connectivity index (χ3n) is 4.35. The summed E-state index contributed by atoms with van der Waals surface area (Å²) in [4.78, 5) is 2.40. The van der Waals surface area contributed by atoms with Gasteiger partial charge >= 0.3 is 0 Å². The van der Waals surface area contributed by atoms with Crippen LogP contribution >= 0.6 is 0 Å². The molecule has 0 amide bonds. The molecule has 1 heterocycles. The minimum atomic E-state index is 0.518. The first-order chi connectivity index (χ1) is 9.22. The average Bonchev–Trinajstić information content (AvgIpc) is 3.24. The minimum Gasteiger partial charge on any atom is -0.304 e. The molecule has 1 aliphatic carbocycles. The van der Waals surface area contributed by atoms with Crippen LogP contribution in [0.15, 0.2) is 24.3 Å². The lowest BCUT2D eigenvalue weighted by Crippen LogP contribution is -2.52. The number of nitrogens with zero attached hydrogens (tertiary/aromatic N) is 2. The summed E-state index contributed by atoms with van der Waals surface area (Å²) in [7, 11) is 2.20. The van der Waals surface area contributed by atoms with Crippen molar-refractivity contribution in [1.82, 2.24) is 15.3 Å². The highest BCUT2D eigenvalue weighted by Crippen LogP contribution is 2.41. The normalized spacial score (nSPS) is 23.5. The molecular weight excluding hydrogens is 234 g/mol. The number of hydrazine groups is 1. The number of hydrogen-bond donors (Lipinski definition) is 1. The van der Waals surface area contributed by atoms with Gasteiger partial charge in [-0.15, -0.1) is 0 Å². The van der Waals surface area contributed by atoms with Gasteiger partial charge in [-0.1, -0.05) is 29.8 Å². The Hall–Kier alpha value is -0.900. The first-order valence-corrected chi connectivity index (χ1v) is 7.48. The highest BCUT2D eigenvalue weighted by Gasteiger charge is 2.33. The van der Waals surface area contributed by atoms with Crippen LogP contribution in [-0.2, 0) is 0 Å². The Balaban J connectivity index is 1.66. The summed E-state index contributed by atoms with van der Waals surface area (Å²) in [6, 6.07) is 9.57. The summed E-state index contributed by atoms with van der Waals surface area (Å²) in [6.07, 6.45) is 2.75. The molecule has 3 nitrogen and oxygen atoms in total. The number of likely N-dealkylation sites (N-methyl/N-ethyl adjacent to an activating group) is 1. The molecule has 3 rings (SSSR count). The predicted molar refractivity (Wildman–Crippen MR) is 78.8 cm³/mol. The van der Waals surface area contributed by atoms with Crippen molar-refractivity contribution in [1.29, 1.82) is 0 Å². The van der Waals surface area contributed by atoms with Gasteiger partial charge in [0.15, 0.2) is 0 Å². The van der Waals surface area contributed by atoms with E-state index in [-0.39, 0.29) is 0 Å². The zero-order valence-electron chi connectivity index (χ0n) is 12.1. The molecule has 104 valence electrons. The summed E-state index contributed by atoms with van der Waals surface area (Å²) in [6.45, 7) is 6.75. The van der Waals surface area contributed by atoms with Gasteiger partial charge in [-0.3, -0.25) is 0 Å². The zero-order chi connectivity index (χ0) is 13.2. The van der Waals surface area contributed by atoms with Crippen LogP contribution in [-0.4, -0.2) is 43.1 Å². The highest BCUT2D eigenvalue weighted by atomic mass is 15.5. The molecule has 1 unspecified atom stereocenters. The standard InChI is InChI=1S/C16H25N3/c1-13-3-5-14(6-4-13)16(15-7-8-15)17-19-11-9-18(2)10-12-19/h3-6,15-17H,7-12H2,1-2H3. The first-order valence-electron chi connectivity index (χ1n) is 7.48. The fourth-order valence-electron chi connectivity index (χ4n) is 2.79. The summed E-state index contributed by atoms with van der Waals surface area (Å²) < 4.78 is 0. The maximum atomic E-state index is 3.78. The molecule has 1 saturated heterocycles. The fraction of sp³-hybridized carbons (Fsp3) is 0.625. The molecular formula is C16H25N3. The second-order valence-corrected chi connectivity index (χ2v) is 6.15. The van der Waals surface area contributed by atoms with Crippen LogP contribution in [0.3, 0.4) is 0 Å². The van der Waals surface area contributed by atoms with Crippen molar-refractivity contribution in [2.24, 2.45) is 5.92 Å². The fourth-order valence-corrected chi connectivity index (χ4v) is 2.79. The van der Waals surface area contributed by atoms with Gasteiger partial charge in [0, 0.05) is 32.2 Å². The van der Waals surface area contributed by atoms with E-state index >= 15 is 0 Å². The molecule has 0 spiro atoms. The topological polar surface area (TPSA) is 18.5 Å². The molecule has 3 heteroatoms. The van der Waals surface area contributed by atoms with E-state index in [9.17, 15) is 0 Å². The maximum absolute atomic E-state index is 3.78. The van der Waals surface area contributed by atoms with Gasteiger partial charge in [0.05, 0.1) is 0 Å². The van der Waals surface area contributed by atoms with Crippen LogP contribution in [0.5, 0.6) is 0 Å². The molecule has 1 aromatic carbocycles. The molecule has 0 aromatic heterocycles. The maximum Gasteiger partial charge on any atom is 0.0492 e. The molecule has 1 atom stereocenters. The lowest BCUT2D eigenvalue weighted by Gasteiger charge is -2.35. The lowest BCUT2D eigenvalue weighted by molar-refractivity contribution is 0.0820. The van der Waals surface area contributed by atoms with E-state index in [1.165, 1.54) is 24.0 Å². The number of benzene rings is 1. The SMILES string of the molecule is Cc1ccc(C(NN2CCN(C)CC2)C2CC2)cc1. The molecule has 1 saturated carbocycles. The van der Waals surface area contributed by atoms with Crippen molar-refractivity contribution < 1.29 is 0 Å². The van der Waals surface area contributed by atoms with E-state index < -0.39 is 0 Å². The van der Waals surface area contributed by atoms with Crippen molar-refractivity contribution in [3.8, 4) is 0 Å². The molecule has 1 aliphatic heterocycles. The Kier molecular flexibility index (Phi) is 3.87. The van der Waals surface area contributed by atoms with Crippen LogP contribution in [0.1, 0.15) is 30.0 Å². The highest BCUT2D eigenvalue weighted by molar-refractivity contribution is 5.25. The smallest absolute Gasteiger partial charge is 0.0492 e. The van der Waals surface area contributed by atoms with Gasteiger partial charge in [-0.05, 0) is 38.3 Å². The molecule has 0 bridgehead atoms. The number of piperazine rings is 1. The Morgan fingerprint density at radius 2 is 1.68 bits per heavy atom. The zero-order valence-corrected chi connectivity index (χ0v) is 12.1. The summed E-state index contributed by atoms with van der Waals surface area (Å²) in [5.74, 6) is 0.836. The Morgan fingerprint density at radius 1 is 1.05 bits per heavy atom. The average molecular weight is 259 g/mol. The molecule has 0 radical (unpaired) electrons. The van der Waals surface area contributed by atoms with E-state index in [0.717, 1.165) is 32.1 Å². The van der Waals surface area contributed by atoms with E-state index in [1.54, 1.807) is 0 Å². The number of hydrogen-bond acceptors (Lipinski definition) is 3. The van der Waals surface area contributed by atoms with E-state index in [2.05, 4.69) is 53.6 Å². The van der Waals surface area contributed by atoms with Crippen LogP contribution in [0.4, 0.5) is 0 Å². The minimum absolute atomic E-state index is 0.518.